The SMILES string of the molecule is CC1(c2ccccc2)c2ccccc2-c2c(N(c3ccc4c(c3)c(-c3ccccc3)c(-c3ccccc3)c3ccccc34)c3ccc(-c4ccccc4)cc3-c3ccccc3)cccc21. The highest BCUT2D eigenvalue weighted by molar-refractivity contribution is 6.22. The van der Waals surface area contributed by atoms with Gasteiger partial charge < -0.3 is 4.90 Å². The minimum absolute atomic E-state index is 0.359. The van der Waals surface area contributed by atoms with Gasteiger partial charge in [-0.15, -0.1) is 0 Å². The number of nitrogens with zero attached hydrogens (tertiary/aromatic N) is 1. The highest BCUT2D eigenvalue weighted by Gasteiger charge is 2.42. The number of rotatable bonds is 8. The maximum absolute atomic E-state index is 2.55. The molecule has 1 unspecified atom stereocenters. The van der Waals surface area contributed by atoms with Gasteiger partial charge in [0.2, 0.25) is 0 Å². The minimum Gasteiger partial charge on any atom is -0.309 e. The van der Waals surface area contributed by atoms with Crippen LogP contribution in [0.3, 0.4) is 0 Å². The minimum atomic E-state index is -0.359. The zero-order valence-corrected chi connectivity index (χ0v) is 36.2. The molecule has 0 radical (unpaired) electrons. The van der Waals surface area contributed by atoms with Gasteiger partial charge in [0, 0.05) is 22.2 Å². The van der Waals surface area contributed by atoms with Crippen molar-refractivity contribution >= 4 is 38.6 Å². The lowest BCUT2D eigenvalue weighted by molar-refractivity contribution is 0.714. The first-order valence-electron chi connectivity index (χ1n) is 22.6. The molecule has 0 aliphatic heterocycles. The summed E-state index contributed by atoms with van der Waals surface area (Å²) in [6.07, 6.45) is 0. The first-order chi connectivity index (χ1) is 32.2. The molecule has 0 fully saturated rings. The van der Waals surface area contributed by atoms with E-state index in [1.54, 1.807) is 0 Å². The Morgan fingerprint density at radius 2 is 0.815 bits per heavy atom. The van der Waals surface area contributed by atoms with Gasteiger partial charge in [0.05, 0.1) is 11.4 Å². The molecule has 11 aromatic carbocycles. The molecule has 0 bridgehead atoms. The third-order valence-corrected chi connectivity index (χ3v) is 13.7. The van der Waals surface area contributed by atoms with Gasteiger partial charge >= 0.3 is 0 Å². The monoisotopic (exact) mass is 827 g/mol. The summed E-state index contributed by atoms with van der Waals surface area (Å²) in [5, 5.41) is 4.92. The van der Waals surface area contributed by atoms with Crippen LogP contribution in [0.25, 0.3) is 77.2 Å². The van der Waals surface area contributed by atoms with Crippen LogP contribution in [0, 0.1) is 0 Å². The Hall–Kier alpha value is -8.26. The Kier molecular flexibility index (Phi) is 9.35. The van der Waals surface area contributed by atoms with Gasteiger partial charge in [-0.3, -0.25) is 0 Å². The first kappa shape index (κ1) is 38.4. The molecule has 12 rings (SSSR count). The molecular formula is C64H45N. The fraction of sp³-hybridized carbons (Fsp3) is 0.0312. The van der Waals surface area contributed by atoms with Crippen LogP contribution < -0.4 is 4.90 Å². The topological polar surface area (TPSA) is 3.24 Å². The van der Waals surface area contributed by atoms with E-state index in [9.17, 15) is 0 Å². The van der Waals surface area contributed by atoms with Gasteiger partial charge in [-0.1, -0.05) is 224 Å². The van der Waals surface area contributed by atoms with Gasteiger partial charge in [0.15, 0.2) is 0 Å². The van der Waals surface area contributed by atoms with Crippen molar-refractivity contribution in [2.24, 2.45) is 0 Å². The molecule has 0 saturated heterocycles. The number of hydrogen-bond acceptors (Lipinski definition) is 1. The van der Waals surface area contributed by atoms with Gasteiger partial charge in [0.25, 0.3) is 0 Å². The Morgan fingerprint density at radius 1 is 0.292 bits per heavy atom. The van der Waals surface area contributed by atoms with Crippen LogP contribution in [0.2, 0.25) is 0 Å². The van der Waals surface area contributed by atoms with E-state index in [1.807, 2.05) is 0 Å². The van der Waals surface area contributed by atoms with Crippen LogP contribution in [0.1, 0.15) is 23.6 Å². The zero-order chi connectivity index (χ0) is 43.3. The molecule has 0 heterocycles. The van der Waals surface area contributed by atoms with Crippen LogP contribution in [0.15, 0.2) is 255 Å². The van der Waals surface area contributed by atoms with E-state index in [-0.39, 0.29) is 5.41 Å². The predicted octanol–water partition coefficient (Wildman–Crippen LogP) is 17.5. The average molecular weight is 828 g/mol. The lowest BCUT2D eigenvalue weighted by atomic mass is 9.74. The van der Waals surface area contributed by atoms with Crippen LogP contribution >= 0.6 is 0 Å². The second-order valence-electron chi connectivity index (χ2n) is 17.3. The van der Waals surface area contributed by atoms with Crippen LogP contribution in [-0.4, -0.2) is 0 Å². The standard InChI is InChI=1S/C64H45N/c1-64(49-30-15-6-16-31-49)57-35-20-19-34-54(57)63-58(64)36-21-37-60(63)65(59-41-38-48(44-22-7-2-8-23-44)42-55(59)45-24-9-3-10-25-45)50-39-40-52-51-32-17-18-33-53(51)61(46-26-11-4-12-27-46)62(56(52)43-50)47-28-13-5-14-29-47/h2-43H,1H3. The van der Waals surface area contributed by atoms with Gasteiger partial charge in [-0.2, -0.15) is 0 Å². The Labute approximate surface area is 381 Å². The van der Waals surface area contributed by atoms with E-state index in [0.717, 1.165) is 28.2 Å². The van der Waals surface area contributed by atoms with Crippen LogP contribution in [-0.2, 0) is 5.41 Å². The molecule has 0 saturated carbocycles. The number of fused-ring (bicyclic) bond motifs is 6. The molecule has 0 aromatic heterocycles. The Morgan fingerprint density at radius 3 is 1.49 bits per heavy atom. The summed E-state index contributed by atoms with van der Waals surface area (Å²) < 4.78 is 0. The number of benzene rings is 11. The average Bonchev–Trinajstić information content (AvgIpc) is 3.66. The summed E-state index contributed by atoms with van der Waals surface area (Å²) in [4.78, 5) is 2.55. The fourth-order valence-corrected chi connectivity index (χ4v) is 10.7. The molecule has 11 aromatic rings. The Balaban J connectivity index is 1.21. The summed E-state index contributed by atoms with van der Waals surface area (Å²) >= 11 is 0. The molecule has 1 nitrogen and oxygen atoms in total. The maximum atomic E-state index is 2.55. The van der Waals surface area contributed by atoms with Gasteiger partial charge in [0.1, 0.15) is 0 Å². The summed E-state index contributed by atoms with van der Waals surface area (Å²) in [7, 11) is 0. The van der Waals surface area contributed by atoms with E-state index in [1.165, 1.54) is 82.7 Å². The van der Waals surface area contributed by atoms with E-state index in [4.69, 9.17) is 0 Å². The zero-order valence-electron chi connectivity index (χ0n) is 36.2. The van der Waals surface area contributed by atoms with Crippen molar-refractivity contribution in [1.82, 2.24) is 0 Å². The maximum Gasteiger partial charge on any atom is 0.0543 e. The summed E-state index contributed by atoms with van der Waals surface area (Å²) in [6.45, 7) is 2.41. The molecule has 0 N–H and O–H groups in total. The van der Waals surface area contributed by atoms with E-state index in [2.05, 4.69) is 267 Å². The molecule has 0 spiro atoms. The molecule has 1 aliphatic rings. The predicted molar refractivity (Wildman–Crippen MR) is 275 cm³/mol. The van der Waals surface area contributed by atoms with E-state index in [0.29, 0.717) is 0 Å². The molecule has 1 atom stereocenters. The van der Waals surface area contributed by atoms with Crippen molar-refractivity contribution in [3.63, 3.8) is 0 Å². The number of hydrogen-bond donors (Lipinski definition) is 0. The second-order valence-corrected chi connectivity index (χ2v) is 17.3. The molecule has 306 valence electrons. The van der Waals surface area contributed by atoms with Crippen molar-refractivity contribution in [3.05, 3.63) is 271 Å². The Bertz CT molecular complexity index is 3530. The summed E-state index contributed by atoms with van der Waals surface area (Å²) in [6, 6.07) is 93.7. The highest BCUT2D eigenvalue weighted by Crippen LogP contribution is 2.58. The summed E-state index contributed by atoms with van der Waals surface area (Å²) in [5.41, 5.74) is 19.0. The molecule has 1 aliphatic carbocycles. The quantitative estimate of drug-likeness (QED) is 0.138. The van der Waals surface area contributed by atoms with Crippen molar-refractivity contribution in [2.45, 2.75) is 12.3 Å². The third kappa shape index (κ3) is 6.31. The van der Waals surface area contributed by atoms with Crippen LogP contribution in [0.4, 0.5) is 17.1 Å². The van der Waals surface area contributed by atoms with E-state index < -0.39 is 0 Å². The first-order valence-corrected chi connectivity index (χ1v) is 22.6. The lowest BCUT2D eigenvalue weighted by Gasteiger charge is -2.32. The molecule has 0 amide bonds. The van der Waals surface area contributed by atoms with Crippen molar-refractivity contribution < 1.29 is 0 Å². The second kappa shape index (κ2) is 15.8. The van der Waals surface area contributed by atoms with Crippen molar-refractivity contribution in [2.75, 3.05) is 4.90 Å². The molecular weight excluding hydrogens is 783 g/mol. The number of anilines is 3. The van der Waals surface area contributed by atoms with Gasteiger partial charge in [-0.25, -0.2) is 0 Å². The molecule has 1 heteroatoms. The van der Waals surface area contributed by atoms with Crippen molar-refractivity contribution in [3.8, 4) is 55.6 Å². The largest absolute Gasteiger partial charge is 0.309 e. The lowest BCUT2D eigenvalue weighted by Crippen LogP contribution is -2.22. The summed E-state index contributed by atoms with van der Waals surface area (Å²) in [5.74, 6) is 0. The molecule has 65 heavy (non-hydrogen) atoms. The van der Waals surface area contributed by atoms with Gasteiger partial charge in [-0.05, 0) is 120 Å². The van der Waals surface area contributed by atoms with Crippen molar-refractivity contribution in [1.29, 1.82) is 0 Å². The third-order valence-electron chi connectivity index (χ3n) is 13.7. The van der Waals surface area contributed by atoms with Crippen LogP contribution in [0.5, 0.6) is 0 Å². The fourth-order valence-electron chi connectivity index (χ4n) is 10.7. The van der Waals surface area contributed by atoms with E-state index >= 15 is 0 Å². The highest BCUT2D eigenvalue weighted by atomic mass is 15.1. The smallest absolute Gasteiger partial charge is 0.0543 e. The normalized spacial score (nSPS) is 14.0.